The van der Waals surface area contributed by atoms with E-state index in [0.29, 0.717) is 6.42 Å². The van der Waals surface area contributed by atoms with Crippen molar-refractivity contribution >= 4 is 5.97 Å². The summed E-state index contributed by atoms with van der Waals surface area (Å²) in [5, 5.41) is 0. The van der Waals surface area contributed by atoms with Crippen LogP contribution in [0.5, 0.6) is 0 Å². The average Bonchev–Trinajstić information content (AvgIpc) is 2.40. The Balaban J connectivity index is 2.17. The molecule has 10 heavy (non-hydrogen) atoms. The first-order valence-corrected chi connectivity index (χ1v) is 3.73. The Hall–Kier alpha value is -0.530. The van der Waals surface area contributed by atoms with Crippen LogP contribution in [0.1, 0.15) is 32.1 Å². The Morgan fingerprint density at radius 3 is 2.60 bits per heavy atom. The third-order valence-corrected chi connectivity index (χ3v) is 1.93. The van der Waals surface area contributed by atoms with Crippen molar-refractivity contribution in [3.63, 3.8) is 0 Å². The van der Waals surface area contributed by atoms with Gasteiger partial charge in [-0.25, -0.2) is 0 Å². The van der Waals surface area contributed by atoms with E-state index in [1.165, 1.54) is 25.9 Å². The van der Waals surface area contributed by atoms with Gasteiger partial charge in [0.1, 0.15) is 0 Å². The average molecular weight is 141 g/mol. The van der Waals surface area contributed by atoms with E-state index in [1.54, 1.807) is 0 Å². The maximum atomic E-state index is 10.7. The Bertz CT molecular complexity index is 114. The molecule has 0 aromatic rings. The molecule has 1 radical (unpaired) electrons. The number of hydrogen-bond donors (Lipinski definition) is 0. The Morgan fingerprint density at radius 2 is 2.10 bits per heavy atom. The van der Waals surface area contributed by atoms with Gasteiger partial charge >= 0.3 is 5.97 Å². The first-order valence-electron chi connectivity index (χ1n) is 3.73. The molecule has 1 saturated carbocycles. The van der Waals surface area contributed by atoms with E-state index in [4.69, 9.17) is 0 Å². The normalized spacial score (nSPS) is 19.3. The molecule has 0 spiro atoms. The van der Waals surface area contributed by atoms with E-state index in [9.17, 15) is 4.79 Å². The summed E-state index contributed by atoms with van der Waals surface area (Å²) in [5.74, 6) is 1.28. The molecule has 0 unspecified atom stereocenters. The van der Waals surface area contributed by atoms with Crippen molar-refractivity contribution in [2.24, 2.45) is 0 Å². The number of esters is 1. The van der Waals surface area contributed by atoms with Gasteiger partial charge in [-0.1, -0.05) is 12.8 Å². The summed E-state index contributed by atoms with van der Waals surface area (Å²) in [4.78, 5) is 10.7. The fraction of sp³-hybridized carbons (Fsp3) is 0.750. The van der Waals surface area contributed by atoms with Crippen LogP contribution >= 0.6 is 0 Å². The lowest BCUT2D eigenvalue weighted by Crippen LogP contribution is -2.04. The lowest BCUT2D eigenvalue weighted by atomic mass is 10.1. The number of carbonyl (C=O) groups excluding carboxylic acids is 1. The van der Waals surface area contributed by atoms with Crippen molar-refractivity contribution in [1.29, 1.82) is 0 Å². The van der Waals surface area contributed by atoms with E-state index >= 15 is 0 Å². The zero-order valence-electron chi connectivity index (χ0n) is 6.35. The molecule has 2 heteroatoms. The monoisotopic (exact) mass is 141 g/mol. The summed E-state index contributed by atoms with van der Waals surface area (Å²) in [6.45, 7) is 0. The van der Waals surface area contributed by atoms with Crippen molar-refractivity contribution in [3.8, 4) is 0 Å². The van der Waals surface area contributed by atoms with Crippen LogP contribution in [-0.4, -0.2) is 13.1 Å². The zero-order chi connectivity index (χ0) is 7.40. The van der Waals surface area contributed by atoms with Gasteiger partial charge in [0.25, 0.3) is 0 Å². The molecular formula is C8H13O2. The van der Waals surface area contributed by atoms with Crippen molar-refractivity contribution in [3.05, 3.63) is 5.92 Å². The lowest BCUT2D eigenvalue weighted by molar-refractivity contribution is -0.140. The Morgan fingerprint density at radius 1 is 1.50 bits per heavy atom. The minimum absolute atomic E-state index is 0.0862. The predicted molar refractivity (Wildman–Crippen MR) is 38.3 cm³/mol. The van der Waals surface area contributed by atoms with Crippen LogP contribution in [0, 0.1) is 5.92 Å². The highest BCUT2D eigenvalue weighted by Crippen LogP contribution is 2.29. The second-order valence-electron chi connectivity index (χ2n) is 2.71. The fourth-order valence-corrected chi connectivity index (χ4v) is 1.33. The van der Waals surface area contributed by atoms with Crippen LogP contribution < -0.4 is 0 Å². The van der Waals surface area contributed by atoms with Crippen molar-refractivity contribution in [1.82, 2.24) is 0 Å². The van der Waals surface area contributed by atoms with Gasteiger partial charge in [-0.3, -0.25) is 4.79 Å². The van der Waals surface area contributed by atoms with Gasteiger partial charge in [0.15, 0.2) is 0 Å². The molecule has 0 atom stereocenters. The van der Waals surface area contributed by atoms with Gasteiger partial charge < -0.3 is 4.74 Å². The summed E-state index contributed by atoms with van der Waals surface area (Å²) in [6.07, 6.45) is 5.33. The highest BCUT2D eigenvalue weighted by Gasteiger charge is 2.18. The number of methoxy groups -OCH3 is 1. The first-order chi connectivity index (χ1) is 4.83. The van der Waals surface area contributed by atoms with Crippen LogP contribution in [0.2, 0.25) is 0 Å². The second-order valence-corrected chi connectivity index (χ2v) is 2.71. The summed E-state index contributed by atoms with van der Waals surface area (Å²) < 4.78 is 4.55. The minimum atomic E-state index is -0.0862. The first kappa shape index (κ1) is 7.58. The zero-order valence-corrected chi connectivity index (χ0v) is 6.35. The van der Waals surface area contributed by atoms with Crippen molar-refractivity contribution < 1.29 is 9.53 Å². The molecule has 1 rings (SSSR count). The SMILES string of the molecule is COC(=O)C[C]1CCCC1. The third kappa shape index (κ3) is 2.01. The smallest absolute Gasteiger partial charge is 0.306 e. The maximum absolute atomic E-state index is 10.7. The van der Waals surface area contributed by atoms with Crippen molar-refractivity contribution in [2.75, 3.05) is 7.11 Å². The van der Waals surface area contributed by atoms with Crippen LogP contribution in [0.25, 0.3) is 0 Å². The van der Waals surface area contributed by atoms with E-state index in [0.717, 1.165) is 12.8 Å². The molecule has 2 nitrogen and oxygen atoms in total. The molecule has 0 saturated heterocycles. The molecule has 0 aromatic carbocycles. The maximum Gasteiger partial charge on any atom is 0.306 e. The number of rotatable bonds is 2. The van der Waals surface area contributed by atoms with E-state index < -0.39 is 0 Å². The largest absolute Gasteiger partial charge is 0.469 e. The van der Waals surface area contributed by atoms with Crippen LogP contribution in [-0.2, 0) is 9.53 Å². The molecule has 0 amide bonds. The number of carbonyl (C=O) groups is 1. The van der Waals surface area contributed by atoms with E-state index in [2.05, 4.69) is 4.74 Å². The van der Waals surface area contributed by atoms with Gasteiger partial charge in [-0.15, -0.1) is 0 Å². The van der Waals surface area contributed by atoms with Gasteiger partial charge in [-0.05, 0) is 18.8 Å². The Kier molecular flexibility index (Phi) is 2.72. The molecule has 1 fully saturated rings. The second kappa shape index (κ2) is 3.59. The molecule has 57 valence electrons. The van der Waals surface area contributed by atoms with Crippen LogP contribution in [0.3, 0.4) is 0 Å². The van der Waals surface area contributed by atoms with E-state index in [-0.39, 0.29) is 5.97 Å². The Labute approximate surface area is 61.6 Å². The van der Waals surface area contributed by atoms with Gasteiger partial charge in [0, 0.05) is 0 Å². The number of hydrogen-bond acceptors (Lipinski definition) is 2. The summed E-state index contributed by atoms with van der Waals surface area (Å²) in [7, 11) is 1.44. The van der Waals surface area contributed by atoms with E-state index in [1.807, 2.05) is 0 Å². The van der Waals surface area contributed by atoms with Gasteiger partial charge in [0.2, 0.25) is 0 Å². The highest BCUT2D eigenvalue weighted by molar-refractivity contribution is 5.71. The van der Waals surface area contributed by atoms with Crippen LogP contribution in [0.15, 0.2) is 0 Å². The molecule has 0 aliphatic heterocycles. The molecule has 0 heterocycles. The van der Waals surface area contributed by atoms with Crippen LogP contribution in [0.4, 0.5) is 0 Å². The fourth-order valence-electron chi connectivity index (χ4n) is 1.33. The predicted octanol–water partition coefficient (Wildman–Crippen LogP) is 1.70. The summed E-state index contributed by atoms with van der Waals surface area (Å²) in [5.41, 5.74) is 0. The lowest BCUT2D eigenvalue weighted by Gasteiger charge is -2.04. The highest BCUT2D eigenvalue weighted by atomic mass is 16.5. The standard InChI is InChI=1S/C8H13O2/c1-10-8(9)6-7-4-2-3-5-7/h2-6H2,1H3. The molecule has 0 N–H and O–H groups in total. The molecule has 1 aliphatic rings. The molecule has 0 bridgehead atoms. The van der Waals surface area contributed by atoms with Crippen molar-refractivity contribution in [2.45, 2.75) is 32.1 Å². The quantitative estimate of drug-likeness (QED) is 0.547. The molecule has 1 aliphatic carbocycles. The summed E-state index contributed by atoms with van der Waals surface area (Å²) >= 11 is 0. The third-order valence-electron chi connectivity index (χ3n) is 1.93. The topological polar surface area (TPSA) is 26.3 Å². The van der Waals surface area contributed by atoms with Gasteiger partial charge in [0.05, 0.1) is 13.5 Å². The summed E-state index contributed by atoms with van der Waals surface area (Å²) in [6, 6.07) is 0. The number of ether oxygens (including phenoxy) is 1. The van der Waals surface area contributed by atoms with Gasteiger partial charge in [-0.2, -0.15) is 0 Å². The minimum Gasteiger partial charge on any atom is -0.469 e. The molecule has 0 aromatic heterocycles. The molecular weight excluding hydrogens is 128 g/mol.